The molecule has 0 aliphatic heterocycles. The van der Waals surface area contributed by atoms with Crippen LogP contribution in [0.3, 0.4) is 0 Å². The van der Waals surface area contributed by atoms with Crippen LogP contribution in [-0.2, 0) is 11.3 Å². The number of aromatic nitrogens is 1. The van der Waals surface area contributed by atoms with E-state index in [-0.39, 0.29) is 11.8 Å². The van der Waals surface area contributed by atoms with Gasteiger partial charge in [-0.25, -0.2) is 4.98 Å². The van der Waals surface area contributed by atoms with Crippen LogP contribution >= 0.6 is 11.3 Å². The number of aryl methyl sites for hydroxylation is 1. The van der Waals surface area contributed by atoms with Gasteiger partial charge in [-0.05, 0) is 43.2 Å². The number of carbonyl (C=O) groups is 1. The van der Waals surface area contributed by atoms with Crippen molar-refractivity contribution in [1.82, 2.24) is 10.3 Å². The van der Waals surface area contributed by atoms with Crippen LogP contribution in [0.15, 0.2) is 29.6 Å². The molecule has 2 saturated carbocycles. The summed E-state index contributed by atoms with van der Waals surface area (Å²) in [7, 11) is 0. The zero-order chi connectivity index (χ0) is 15.1. The molecule has 22 heavy (non-hydrogen) atoms. The molecule has 2 fully saturated rings. The van der Waals surface area contributed by atoms with E-state index in [0.717, 1.165) is 12.1 Å². The molecule has 1 aromatic heterocycles. The van der Waals surface area contributed by atoms with Gasteiger partial charge in [-0.15, -0.1) is 11.3 Å². The van der Waals surface area contributed by atoms with Gasteiger partial charge in [-0.2, -0.15) is 0 Å². The number of nitrogens with one attached hydrogen (secondary N) is 1. The standard InChI is InChI=1S/C18H20N2OS/c1-11-4-2-3-5-14(11)15-8-16(15)17(21)19-9-13-10-22-18(20-13)12-6-7-12/h2-5,10,12,15-16H,6-9H2,1H3,(H,19,21). The first kappa shape index (κ1) is 13.9. The van der Waals surface area contributed by atoms with Crippen LogP contribution < -0.4 is 5.32 Å². The number of rotatable bonds is 5. The van der Waals surface area contributed by atoms with E-state index in [2.05, 4.69) is 46.9 Å². The lowest BCUT2D eigenvalue weighted by atomic mass is 10.0. The summed E-state index contributed by atoms with van der Waals surface area (Å²) in [5, 5.41) is 6.38. The predicted octanol–water partition coefficient (Wildman–Crippen LogP) is 3.75. The van der Waals surface area contributed by atoms with E-state index in [9.17, 15) is 4.79 Å². The maximum absolute atomic E-state index is 12.3. The maximum Gasteiger partial charge on any atom is 0.224 e. The van der Waals surface area contributed by atoms with Crippen LogP contribution in [0.25, 0.3) is 0 Å². The van der Waals surface area contributed by atoms with Crippen molar-refractivity contribution in [2.45, 2.75) is 44.6 Å². The van der Waals surface area contributed by atoms with Gasteiger partial charge in [0.1, 0.15) is 0 Å². The van der Waals surface area contributed by atoms with Gasteiger partial charge >= 0.3 is 0 Å². The van der Waals surface area contributed by atoms with Crippen molar-refractivity contribution in [1.29, 1.82) is 0 Å². The van der Waals surface area contributed by atoms with Crippen molar-refractivity contribution in [2.75, 3.05) is 0 Å². The van der Waals surface area contributed by atoms with Crippen LogP contribution in [0.5, 0.6) is 0 Å². The van der Waals surface area contributed by atoms with Gasteiger partial charge in [0.15, 0.2) is 0 Å². The van der Waals surface area contributed by atoms with E-state index in [1.807, 2.05) is 0 Å². The fraction of sp³-hybridized carbons (Fsp3) is 0.444. The molecule has 1 heterocycles. The Hall–Kier alpha value is -1.68. The fourth-order valence-electron chi connectivity index (χ4n) is 3.06. The van der Waals surface area contributed by atoms with Crippen molar-refractivity contribution in [3.8, 4) is 0 Å². The summed E-state index contributed by atoms with van der Waals surface area (Å²) in [5.74, 6) is 1.42. The molecule has 0 spiro atoms. The molecule has 0 radical (unpaired) electrons. The Balaban J connectivity index is 1.32. The van der Waals surface area contributed by atoms with Crippen LogP contribution in [-0.4, -0.2) is 10.9 Å². The average Bonchev–Trinajstić information content (AvgIpc) is 3.44. The van der Waals surface area contributed by atoms with Crippen molar-refractivity contribution >= 4 is 17.2 Å². The largest absolute Gasteiger partial charge is 0.350 e. The molecular formula is C18H20N2OS. The second kappa shape index (κ2) is 5.51. The van der Waals surface area contributed by atoms with Gasteiger partial charge in [0.2, 0.25) is 5.91 Å². The number of thiazole rings is 1. The smallest absolute Gasteiger partial charge is 0.224 e. The Bertz CT molecular complexity index is 705. The van der Waals surface area contributed by atoms with Crippen LogP contribution in [0.4, 0.5) is 0 Å². The second-order valence-corrected chi connectivity index (χ2v) is 7.36. The molecule has 2 aliphatic carbocycles. The normalized spacial score (nSPS) is 23.3. The molecule has 2 unspecified atom stereocenters. The Labute approximate surface area is 134 Å². The zero-order valence-electron chi connectivity index (χ0n) is 12.7. The van der Waals surface area contributed by atoms with Crippen LogP contribution in [0.2, 0.25) is 0 Å². The Morgan fingerprint density at radius 3 is 2.95 bits per heavy atom. The molecule has 1 aromatic carbocycles. The Morgan fingerprint density at radius 2 is 2.18 bits per heavy atom. The minimum atomic E-state index is 0.141. The molecule has 1 amide bonds. The summed E-state index contributed by atoms with van der Waals surface area (Å²) in [6, 6.07) is 8.38. The minimum absolute atomic E-state index is 0.141. The highest BCUT2D eigenvalue weighted by Gasteiger charge is 2.44. The maximum atomic E-state index is 12.3. The van der Waals surface area contributed by atoms with Gasteiger partial charge in [0.25, 0.3) is 0 Å². The van der Waals surface area contributed by atoms with Crippen molar-refractivity contribution < 1.29 is 4.79 Å². The first-order valence-electron chi connectivity index (χ1n) is 8.00. The molecule has 114 valence electrons. The van der Waals surface area contributed by atoms with E-state index in [1.54, 1.807) is 11.3 Å². The van der Waals surface area contributed by atoms with Crippen molar-refractivity contribution in [2.24, 2.45) is 5.92 Å². The summed E-state index contributed by atoms with van der Waals surface area (Å²) in [6.45, 7) is 2.69. The van der Waals surface area contributed by atoms with E-state index in [0.29, 0.717) is 18.4 Å². The Kier molecular flexibility index (Phi) is 3.49. The molecule has 2 aliphatic rings. The Morgan fingerprint density at radius 1 is 1.36 bits per heavy atom. The number of nitrogens with zero attached hydrogens (tertiary/aromatic N) is 1. The molecule has 3 nitrogen and oxygen atoms in total. The van der Waals surface area contributed by atoms with Crippen molar-refractivity contribution in [3.63, 3.8) is 0 Å². The first-order valence-corrected chi connectivity index (χ1v) is 8.88. The SMILES string of the molecule is Cc1ccccc1C1CC1C(=O)NCc1csc(C2CC2)n1. The third-order valence-corrected chi connectivity index (χ3v) is 5.71. The first-order chi connectivity index (χ1) is 10.7. The van der Waals surface area contributed by atoms with E-state index >= 15 is 0 Å². The predicted molar refractivity (Wildman–Crippen MR) is 88.0 cm³/mol. The topological polar surface area (TPSA) is 42.0 Å². The number of benzene rings is 1. The van der Waals surface area contributed by atoms with Crippen LogP contribution in [0, 0.1) is 12.8 Å². The summed E-state index contributed by atoms with van der Waals surface area (Å²) in [6.07, 6.45) is 3.53. The highest BCUT2D eigenvalue weighted by atomic mass is 32.1. The minimum Gasteiger partial charge on any atom is -0.350 e. The van der Waals surface area contributed by atoms with Crippen LogP contribution in [0.1, 0.15) is 52.9 Å². The summed E-state index contributed by atoms with van der Waals surface area (Å²) >= 11 is 1.73. The number of amides is 1. The molecule has 2 atom stereocenters. The van der Waals surface area contributed by atoms with Gasteiger partial charge in [-0.1, -0.05) is 24.3 Å². The van der Waals surface area contributed by atoms with Crippen molar-refractivity contribution in [3.05, 3.63) is 51.5 Å². The average molecular weight is 312 g/mol. The summed E-state index contributed by atoms with van der Waals surface area (Å²) in [4.78, 5) is 16.9. The van der Waals surface area contributed by atoms with Gasteiger partial charge in [-0.3, -0.25) is 4.79 Å². The number of carbonyl (C=O) groups excluding carboxylic acids is 1. The lowest BCUT2D eigenvalue weighted by Gasteiger charge is -2.05. The summed E-state index contributed by atoms with van der Waals surface area (Å²) in [5.41, 5.74) is 3.62. The number of hydrogen-bond acceptors (Lipinski definition) is 3. The third kappa shape index (κ3) is 2.80. The van der Waals surface area contributed by atoms with Gasteiger partial charge in [0, 0.05) is 17.2 Å². The lowest BCUT2D eigenvalue weighted by molar-refractivity contribution is -0.122. The zero-order valence-corrected chi connectivity index (χ0v) is 13.5. The molecule has 1 N–H and O–H groups in total. The fourth-order valence-corrected chi connectivity index (χ4v) is 4.05. The third-order valence-electron chi connectivity index (χ3n) is 4.65. The van der Waals surface area contributed by atoms with E-state index < -0.39 is 0 Å². The highest BCUT2D eigenvalue weighted by Crippen LogP contribution is 2.48. The molecule has 4 heteroatoms. The summed E-state index contributed by atoms with van der Waals surface area (Å²) < 4.78 is 0. The van der Waals surface area contributed by atoms with E-state index in [4.69, 9.17) is 0 Å². The monoisotopic (exact) mass is 312 g/mol. The van der Waals surface area contributed by atoms with Gasteiger partial charge < -0.3 is 5.32 Å². The molecular weight excluding hydrogens is 292 g/mol. The quantitative estimate of drug-likeness (QED) is 0.913. The molecule has 0 saturated heterocycles. The number of hydrogen-bond donors (Lipinski definition) is 1. The molecule has 4 rings (SSSR count). The van der Waals surface area contributed by atoms with Gasteiger partial charge in [0.05, 0.1) is 17.2 Å². The lowest BCUT2D eigenvalue weighted by Crippen LogP contribution is -2.25. The molecule has 2 aromatic rings. The second-order valence-electron chi connectivity index (χ2n) is 6.47. The highest BCUT2D eigenvalue weighted by molar-refractivity contribution is 7.09. The van der Waals surface area contributed by atoms with E-state index in [1.165, 1.54) is 29.0 Å². The molecule has 0 bridgehead atoms.